The molecule has 0 radical (unpaired) electrons. The van der Waals surface area contributed by atoms with Crippen LogP contribution < -0.4 is 11.1 Å². The minimum atomic E-state index is 0.476. The molecule has 3 nitrogen and oxygen atoms in total. The molecule has 0 atom stereocenters. The summed E-state index contributed by atoms with van der Waals surface area (Å²) in [6.07, 6.45) is 2.18. The highest BCUT2D eigenvalue weighted by molar-refractivity contribution is 5.77. The van der Waals surface area contributed by atoms with Gasteiger partial charge in [0, 0.05) is 13.1 Å². The van der Waals surface area contributed by atoms with Gasteiger partial charge in [0.2, 0.25) is 0 Å². The number of nitrogens with zero attached hydrogens (tertiary/aromatic N) is 1. The van der Waals surface area contributed by atoms with Gasteiger partial charge < -0.3 is 11.1 Å². The van der Waals surface area contributed by atoms with Crippen molar-refractivity contribution in [1.82, 2.24) is 5.32 Å². The highest BCUT2D eigenvalue weighted by Gasteiger charge is 2.01. The molecule has 0 rings (SSSR count). The number of aliphatic imine (C=N–C) groups is 1. The molecule has 0 heterocycles. The molecule has 0 aromatic rings. The highest BCUT2D eigenvalue weighted by atomic mass is 15.1. The van der Waals surface area contributed by atoms with Crippen LogP contribution in [0.25, 0.3) is 0 Å². The van der Waals surface area contributed by atoms with Crippen molar-refractivity contribution in [2.45, 2.75) is 32.7 Å². The molecule has 0 saturated carbocycles. The number of rotatable bonds is 3. The van der Waals surface area contributed by atoms with Crippen molar-refractivity contribution in [3.05, 3.63) is 0 Å². The molecule has 0 aromatic heterocycles. The molecule has 0 aliphatic carbocycles. The third-order valence-electron chi connectivity index (χ3n) is 1.58. The first-order valence-electron chi connectivity index (χ1n) is 3.73. The van der Waals surface area contributed by atoms with Crippen molar-refractivity contribution in [3.63, 3.8) is 0 Å². The van der Waals surface area contributed by atoms with E-state index in [2.05, 4.69) is 24.2 Å². The highest BCUT2D eigenvalue weighted by Crippen LogP contribution is 1.94. The van der Waals surface area contributed by atoms with E-state index in [1.807, 2.05) is 0 Å². The number of guanidine groups is 1. The van der Waals surface area contributed by atoms with Gasteiger partial charge in [-0.25, -0.2) is 0 Å². The molecule has 3 heteroatoms. The molecule has 0 unspecified atom stereocenters. The van der Waals surface area contributed by atoms with Crippen molar-refractivity contribution in [3.8, 4) is 0 Å². The van der Waals surface area contributed by atoms with Crippen molar-refractivity contribution < 1.29 is 0 Å². The molecule has 0 aromatic carbocycles. The third-order valence-corrected chi connectivity index (χ3v) is 1.58. The third kappa shape index (κ3) is 3.33. The van der Waals surface area contributed by atoms with Crippen LogP contribution in [0.5, 0.6) is 0 Å². The molecular weight excluding hydrogens is 126 g/mol. The molecular formula is C7H17N3. The van der Waals surface area contributed by atoms with E-state index < -0.39 is 0 Å². The molecule has 0 bridgehead atoms. The average Bonchev–Trinajstić information content (AvgIpc) is 1.99. The Morgan fingerprint density at radius 2 is 2.00 bits per heavy atom. The van der Waals surface area contributed by atoms with Crippen LogP contribution in [-0.4, -0.2) is 19.0 Å². The van der Waals surface area contributed by atoms with Crippen molar-refractivity contribution in [2.75, 3.05) is 7.05 Å². The summed E-state index contributed by atoms with van der Waals surface area (Å²) in [5.41, 5.74) is 5.46. The Morgan fingerprint density at radius 3 is 2.30 bits per heavy atom. The van der Waals surface area contributed by atoms with Crippen molar-refractivity contribution in [2.24, 2.45) is 10.7 Å². The predicted octanol–water partition coefficient (Wildman–Crippen LogP) is 0.709. The van der Waals surface area contributed by atoms with Gasteiger partial charge in [-0.05, 0) is 12.8 Å². The van der Waals surface area contributed by atoms with Gasteiger partial charge in [0.25, 0.3) is 0 Å². The van der Waals surface area contributed by atoms with E-state index in [1.54, 1.807) is 7.05 Å². The zero-order valence-electron chi connectivity index (χ0n) is 7.02. The largest absolute Gasteiger partial charge is 0.370 e. The summed E-state index contributed by atoms with van der Waals surface area (Å²) >= 11 is 0. The van der Waals surface area contributed by atoms with E-state index in [0.29, 0.717) is 12.0 Å². The van der Waals surface area contributed by atoms with Crippen LogP contribution in [0.3, 0.4) is 0 Å². The summed E-state index contributed by atoms with van der Waals surface area (Å²) in [6.45, 7) is 4.26. The lowest BCUT2D eigenvalue weighted by Gasteiger charge is -2.14. The lowest BCUT2D eigenvalue weighted by molar-refractivity contribution is 0.567. The van der Waals surface area contributed by atoms with Crippen molar-refractivity contribution in [1.29, 1.82) is 0 Å². The quantitative estimate of drug-likeness (QED) is 0.451. The summed E-state index contributed by atoms with van der Waals surface area (Å²) in [5, 5.41) is 3.09. The van der Waals surface area contributed by atoms with Crippen LogP contribution in [-0.2, 0) is 0 Å². The fourth-order valence-electron chi connectivity index (χ4n) is 0.766. The van der Waals surface area contributed by atoms with Gasteiger partial charge in [-0.15, -0.1) is 0 Å². The van der Waals surface area contributed by atoms with Gasteiger partial charge in [0.15, 0.2) is 5.96 Å². The van der Waals surface area contributed by atoms with Gasteiger partial charge in [-0.2, -0.15) is 0 Å². The number of hydrogen-bond donors (Lipinski definition) is 2. The molecule has 0 aliphatic rings. The molecule has 0 fully saturated rings. The molecule has 0 amide bonds. The Bertz CT molecular complexity index is 105. The topological polar surface area (TPSA) is 50.4 Å². The van der Waals surface area contributed by atoms with Gasteiger partial charge in [0.05, 0.1) is 0 Å². The second kappa shape index (κ2) is 5.09. The molecule has 0 spiro atoms. The minimum absolute atomic E-state index is 0.476. The zero-order chi connectivity index (χ0) is 7.98. The van der Waals surface area contributed by atoms with Gasteiger partial charge in [0.1, 0.15) is 0 Å². The normalized spacial score (nSPS) is 12.2. The fourth-order valence-corrected chi connectivity index (χ4v) is 0.766. The predicted molar refractivity (Wildman–Crippen MR) is 45.1 cm³/mol. The first kappa shape index (κ1) is 9.27. The fraction of sp³-hybridized carbons (Fsp3) is 0.857. The second-order valence-corrected chi connectivity index (χ2v) is 2.27. The van der Waals surface area contributed by atoms with E-state index in [0.717, 1.165) is 12.8 Å². The van der Waals surface area contributed by atoms with Gasteiger partial charge in [-0.3, -0.25) is 4.99 Å². The monoisotopic (exact) mass is 143 g/mol. The average molecular weight is 143 g/mol. The molecule has 60 valence electrons. The summed E-state index contributed by atoms with van der Waals surface area (Å²) in [7, 11) is 1.69. The number of hydrogen-bond acceptors (Lipinski definition) is 1. The maximum Gasteiger partial charge on any atom is 0.188 e. The van der Waals surface area contributed by atoms with Crippen molar-refractivity contribution >= 4 is 5.96 Å². The van der Waals surface area contributed by atoms with Crippen LogP contribution in [0.15, 0.2) is 4.99 Å². The first-order valence-corrected chi connectivity index (χ1v) is 3.73. The van der Waals surface area contributed by atoms with E-state index in [9.17, 15) is 0 Å². The Kier molecular flexibility index (Phi) is 4.72. The van der Waals surface area contributed by atoms with E-state index in [-0.39, 0.29) is 0 Å². The zero-order valence-corrected chi connectivity index (χ0v) is 7.02. The Labute approximate surface area is 62.7 Å². The summed E-state index contributed by atoms with van der Waals surface area (Å²) < 4.78 is 0. The summed E-state index contributed by atoms with van der Waals surface area (Å²) in [4.78, 5) is 3.81. The maximum atomic E-state index is 5.46. The van der Waals surface area contributed by atoms with Crippen LogP contribution in [0, 0.1) is 0 Å². The Balaban J connectivity index is 3.63. The van der Waals surface area contributed by atoms with E-state index >= 15 is 0 Å². The molecule has 10 heavy (non-hydrogen) atoms. The van der Waals surface area contributed by atoms with E-state index in [4.69, 9.17) is 5.73 Å². The van der Waals surface area contributed by atoms with Crippen LogP contribution in [0.1, 0.15) is 26.7 Å². The molecule has 3 N–H and O–H groups in total. The summed E-state index contributed by atoms with van der Waals surface area (Å²) in [6, 6.07) is 0.476. The Hall–Kier alpha value is -0.730. The number of nitrogens with two attached hydrogens (primary N) is 1. The summed E-state index contributed by atoms with van der Waals surface area (Å²) in [5.74, 6) is 0.536. The smallest absolute Gasteiger partial charge is 0.188 e. The first-order chi connectivity index (χ1) is 4.74. The molecule has 0 aliphatic heterocycles. The second-order valence-electron chi connectivity index (χ2n) is 2.27. The number of nitrogens with one attached hydrogen (secondary N) is 1. The van der Waals surface area contributed by atoms with Gasteiger partial charge in [-0.1, -0.05) is 13.8 Å². The van der Waals surface area contributed by atoms with Crippen LogP contribution in [0.2, 0.25) is 0 Å². The minimum Gasteiger partial charge on any atom is -0.370 e. The Morgan fingerprint density at radius 1 is 1.50 bits per heavy atom. The van der Waals surface area contributed by atoms with Crippen LogP contribution in [0.4, 0.5) is 0 Å². The SMILES string of the molecule is CCC(CC)NC(N)=NC. The lowest BCUT2D eigenvalue weighted by atomic mass is 10.2. The van der Waals surface area contributed by atoms with E-state index in [1.165, 1.54) is 0 Å². The molecule has 0 saturated heterocycles. The van der Waals surface area contributed by atoms with Gasteiger partial charge >= 0.3 is 0 Å². The lowest BCUT2D eigenvalue weighted by Crippen LogP contribution is -2.39. The van der Waals surface area contributed by atoms with Crippen LogP contribution >= 0.6 is 0 Å². The maximum absolute atomic E-state index is 5.46. The standard InChI is InChI=1S/C7H17N3/c1-4-6(5-2)10-7(8)9-3/h6H,4-5H2,1-3H3,(H3,8,9,10).